The topological polar surface area (TPSA) is 21.3 Å². The average molecular weight is 219 g/mol. The van der Waals surface area contributed by atoms with Gasteiger partial charge in [0.15, 0.2) is 0 Å². The smallest absolute Gasteiger partial charge is 0.120 e. The van der Waals surface area contributed by atoms with Gasteiger partial charge in [-0.1, -0.05) is 17.7 Å². The highest BCUT2D eigenvalue weighted by molar-refractivity contribution is 5.30. The molecule has 0 aromatic heterocycles. The minimum Gasteiger partial charge on any atom is -0.490 e. The first kappa shape index (κ1) is 12.8. The molecule has 0 fully saturated rings. The van der Waals surface area contributed by atoms with E-state index in [1.807, 2.05) is 19.2 Å². The molecule has 1 aromatic carbocycles. The van der Waals surface area contributed by atoms with E-state index in [0.717, 1.165) is 5.75 Å². The summed E-state index contributed by atoms with van der Waals surface area (Å²) in [6, 6.07) is 8.56. The van der Waals surface area contributed by atoms with Crippen molar-refractivity contribution in [1.82, 2.24) is 5.32 Å². The number of benzene rings is 1. The standard InChI is InChI=1S/C14H21NO/c1-11(2)8-9-16-14-7-5-6-13(10-14)12(3)15-4/h5-8,10,12,15H,9H2,1-4H3. The Morgan fingerprint density at radius 3 is 2.81 bits per heavy atom. The van der Waals surface area contributed by atoms with Gasteiger partial charge in [0.1, 0.15) is 12.4 Å². The van der Waals surface area contributed by atoms with E-state index in [9.17, 15) is 0 Å². The van der Waals surface area contributed by atoms with Crippen molar-refractivity contribution in [2.24, 2.45) is 0 Å². The van der Waals surface area contributed by atoms with Crippen LogP contribution >= 0.6 is 0 Å². The summed E-state index contributed by atoms with van der Waals surface area (Å²) >= 11 is 0. The summed E-state index contributed by atoms with van der Waals surface area (Å²) in [6.07, 6.45) is 2.08. The van der Waals surface area contributed by atoms with E-state index in [1.54, 1.807) is 0 Å². The summed E-state index contributed by atoms with van der Waals surface area (Å²) in [5, 5.41) is 3.22. The Bertz CT molecular complexity index is 354. The van der Waals surface area contributed by atoms with E-state index < -0.39 is 0 Å². The van der Waals surface area contributed by atoms with E-state index in [-0.39, 0.29) is 0 Å². The first-order valence-corrected chi connectivity index (χ1v) is 5.67. The van der Waals surface area contributed by atoms with Crippen LogP contribution < -0.4 is 10.1 Å². The molecule has 1 aromatic rings. The second-order valence-electron chi connectivity index (χ2n) is 4.18. The largest absolute Gasteiger partial charge is 0.490 e. The fourth-order valence-corrected chi connectivity index (χ4v) is 1.34. The summed E-state index contributed by atoms with van der Waals surface area (Å²) < 4.78 is 5.65. The zero-order valence-corrected chi connectivity index (χ0v) is 10.6. The lowest BCUT2D eigenvalue weighted by Gasteiger charge is -2.12. The SMILES string of the molecule is CNC(C)c1cccc(OCC=C(C)C)c1. The highest BCUT2D eigenvalue weighted by Gasteiger charge is 2.02. The predicted molar refractivity (Wildman–Crippen MR) is 68.8 cm³/mol. The molecule has 0 aliphatic carbocycles. The summed E-state index contributed by atoms with van der Waals surface area (Å²) in [7, 11) is 1.96. The highest BCUT2D eigenvalue weighted by Crippen LogP contribution is 2.18. The van der Waals surface area contributed by atoms with Crippen LogP contribution in [0.1, 0.15) is 32.4 Å². The van der Waals surface area contributed by atoms with Crippen LogP contribution in [0.15, 0.2) is 35.9 Å². The molecule has 16 heavy (non-hydrogen) atoms. The molecule has 0 aliphatic heterocycles. The van der Waals surface area contributed by atoms with Crippen LogP contribution in [0.25, 0.3) is 0 Å². The molecule has 0 bridgehead atoms. The fraction of sp³-hybridized carbons (Fsp3) is 0.429. The van der Waals surface area contributed by atoms with Crippen molar-refractivity contribution in [3.63, 3.8) is 0 Å². The third-order valence-electron chi connectivity index (χ3n) is 2.53. The van der Waals surface area contributed by atoms with Gasteiger partial charge in [-0.25, -0.2) is 0 Å². The minimum atomic E-state index is 0.354. The number of hydrogen-bond donors (Lipinski definition) is 1. The third-order valence-corrected chi connectivity index (χ3v) is 2.53. The second kappa shape index (κ2) is 6.33. The normalized spacial score (nSPS) is 12.0. The molecule has 0 aliphatic rings. The minimum absolute atomic E-state index is 0.354. The van der Waals surface area contributed by atoms with Crippen molar-refractivity contribution >= 4 is 0 Å². The van der Waals surface area contributed by atoms with E-state index >= 15 is 0 Å². The molecular weight excluding hydrogens is 198 g/mol. The number of nitrogens with one attached hydrogen (secondary N) is 1. The predicted octanol–water partition coefficient (Wildman–Crippen LogP) is 3.31. The molecule has 0 heterocycles. The van der Waals surface area contributed by atoms with Gasteiger partial charge in [0.25, 0.3) is 0 Å². The Labute approximate surface area is 98.3 Å². The Morgan fingerprint density at radius 1 is 1.44 bits per heavy atom. The number of hydrogen-bond acceptors (Lipinski definition) is 2. The maximum Gasteiger partial charge on any atom is 0.120 e. The molecule has 0 spiro atoms. The average Bonchev–Trinajstić information content (AvgIpc) is 2.28. The second-order valence-corrected chi connectivity index (χ2v) is 4.18. The summed E-state index contributed by atoms with van der Waals surface area (Å²) in [6.45, 7) is 6.92. The van der Waals surface area contributed by atoms with Gasteiger partial charge in [0.05, 0.1) is 0 Å². The van der Waals surface area contributed by atoms with Crippen LogP contribution in [0, 0.1) is 0 Å². The van der Waals surface area contributed by atoms with Crippen LogP contribution in [0.3, 0.4) is 0 Å². The number of rotatable bonds is 5. The molecular formula is C14H21NO. The third kappa shape index (κ3) is 4.07. The van der Waals surface area contributed by atoms with Crippen molar-refractivity contribution in [3.8, 4) is 5.75 Å². The lowest BCUT2D eigenvalue weighted by molar-refractivity contribution is 0.361. The Kier molecular flexibility index (Phi) is 5.06. The lowest BCUT2D eigenvalue weighted by Crippen LogP contribution is -2.12. The number of allylic oxidation sites excluding steroid dienone is 1. The van der Waals surface area contributed by atoms with E-state index in [4.69, 9.17) is 4.74 Å². The van der Waals surface area contributed by atoms with Crippen molar-refractivity contribution < 1.29 is 4.74 Å². The lowest BCUT2D eigenvalue weighted by atomic mass is 10.1. The molecule has 0 radical (unpaired) electrons. The molecule has 0 saturated heterocycles. The first-order chi connectivity index (χ1) is 7.63. The molecule has 1 rings (SSSR count). The van der Waals surface area contributed by atoms with Gasteiger partial charge in [0, 0.05) is 6.04 Å². The summed E-state index contributed by atoms with van der Waals surface area (Å²) in [4.78, 5) is 0. The monoisotopic (exact) mass is 219 g/mol. The zero-order chi connectivity index (χ0) is 12.0. The van der Waals surface area contributed by atoms with E-state index in [2.05, 4.69) is 44.3 Å². The van der Waals surface area contributed by atoms with Crippen molar-refractivity contribution in [1.29, 1.82) is 0 Å². The fourth-order valence-electron chi connectivity index (χ4n) is 1.34. The maximum atomic E-state index is 5.65. The van der Waals surface area contributed by atoms with Crippen LogP contribution in [0.4, 0.5) is 0 Å². The van der Waals surface area contributed by atoms with Gasteiger partial charge in [-0.2, -0.15) is 0 Å². The zero-order valence-electron chi connectivity index (χ0n) is 10.6. The van der Waals surface area contributed by atoms with Gasteiger partial charge < -0.3 is 10.1 Å². The van der Waals surface area contributed by atoms with E-state index in [0.29, 0.717) is 12.6 Å². The molecule has 1 unspecified atom stereocenters. The van der Waals surface area contributed by atoms with Gasteiger partial charge in [-0.05, 0) is 51.6 Å². The quantitative estimate of drug-likeness (QED) is 0.767. The maximum absolute atomic E-state index is 5.65. The Hall–Kier alpha value is -1.28. The van der Waals surface area contributed by atoms with Crippen LogP contribution in [-0.2, 0) is 0 Å². The van der Waals surface area contributed by atoms with Gasteiger partial charge in [-0.3, -0.25) is 0 Å². The van der Waals surface area contributed by atoms with Crippen molar-refractivity contribution in [2.75, 3.05) is 13.7 Å². The first-order valence-electron chi connectivity index (χ1n) is 5.67. The van der Waals surface area contributed by atoms with Gasteiger partial charge in [-0.15, -0.1) is 0 Å². The van der Waals surface area contributed by atoms with Gasteiger partial charge >= 0.3 is 0 Å². The molecule has 2 nitrogen and oxygen atoms in total. The summed E-state index contributed by atoms with van der Waals surface area (Å²) in [5.41, 5.74) is 2.52. The van der Waals surface area contributed by atoms with Gasteiger partial charge in [0.2, 0.25) is 0 Å². The molecule has 1 atom stereocenters. The Morgan fingerprint density at radius 2 is 2.19 bits per heavy atom. The molecule has 0 saturated carbocycles. The molecule has 88 valence electrons. The van der Waals surface area contributed by atoms with Crippen LogP contribution in [0.2, 0.25) is 0 Å². The van der Waals surface area contributed by atoms with E-state index in [1.165, 1.54) is 11.1 Å². The Balaban J connectivity index is 2.64. The molecule has 0 amide bonds. The molecule has 1 N–H and O–H groups in total. The van der Waals surface area contributed by atoms with Crippen LogP contribution in [0.5, 0.6) is 5.75 Å². The molecule has 2 heteroatoms. The highest BCUT2D eigenvalue weighted by atomic mass is 16.5. The van der Waals surface area contributed by atoms with Crippen molar-refractivity contribution in [2.45, 2.75) is 26.8 Å². The number of ether oxygens (including phenoxy) is 1. The van der Waals surface area contributed by atoms with Crippen molar-refractivity contribution in [3.05, 3.63) is 41.5 Å². The summed E-state index contributed by atoms with van der Waals surface area (Å²) in [5.74, 6) is 0.928. The van der Waals surface area contributed by atoms with Crippen LogP contribution in [-0.4, -0.2) is 13.7 Å².